The molecular formula is C17H17N5O2. The van der Waals surface area contributed by atoms with Crippen LogP contribution in [0.1, 0.15) is 12.0 Å². The molecule has 0 aliphatic carbocycles. The molecule has 0 bridgehead atoms. The van der Waals surface area contributed by atoms with Crippen molar-refractivity contribution >= 4 is 23.2 Å². The monoisotopic (exact) mass is 323 g/mol. The summed E-state index contributed by atoms with van der Waals surface area (Å²) >= 11 is 0. The molecule has 2 aromatic carbocycles. The van der Waals surface area contributed by atoms with Crippen molar-refractivity contribution in [1.82, 2.24) is 20.4 Å². The summed E-state index contributed by atoms with van der Waals surface area (Å²) in [5.74, 6) is 0.505. The van der Waals surface area contributed by atoms with Crippen molar-refractivity contribution in [3.8, 4) is 5.75 Å². The zero-order chi connectivity index (χ0) is 16.8. The smallest absolute Gasteiger partial charge is 0.241 e. The second kappa shape index (κ2) is 7.36. The summed E-state index contributed by atoms with van der Waals surface area (Å²) in [4.78, 5) is 11.9. The van der Waals surface area contributed by atoms with Crippen molar-refractivity contribution < 1.29 is 9.53 Å². The number of fused-ring (bicyclic) bond motifs is 1. The Labute approximate surface area is 138 Å². The lowest BCUT2D eigenvalue weighted by molar-refractivity contribution is -0.121. The molecule has 0 aliphatic heterocycles. The summed E-state index contributed by atoms with van der Waals surface area (Å²) in [7, 11) is 1.59. The molecule has 7 nitrogen and oxygen atoms in total. The van der Waals surface area contributed by atoms with E-state index in [1.165, 1.54) is 0 Å². The van der Waals surface area contributed by atoms with Crippen LogP contribution >= 0.6 is 0 Å². The van der Waals surface area contributed by atoms with Crippen molar-refractivity contribution in [2.75, 3.05) is 7.11 Å². The first-order valence-electron chi connectivity index (χ1n) is 7.51. The van der Waals surface area contributed by atoms with Gasteiger partial charge in [0.2, 0.25) is 5.91 Å². The minimum atomic E-state index is -0.194. The van der Waals surface area contributed by atoms with E-state index >= 15 is 0 Å². The molecule has 0 unspecified atom stereocenters. The van der Waals surface area contributed by atoms with Crippen LogP contribution in [0.2, 0.25) is 0 Å². The van der Waals surface area contributed by atoms with Gasteiger partial charge in [-0.3, -0.25) is 4.79 Å². The van der Waals surface area contributed by atoms with E-state index < -0.39 is 0 Å². The van der Waals surface area contributed by atoms with Crippen LogP contribution in [0.3, 0.4) is 0 Å². The lowest BCUT2D eigenvalue weighted by Crippen LogP contribution is -2.19. The Balaban J connectivity index is 1.55. The Bertz CT molecular complexity index is 872. The fourth-order valence-electron chi connectivity index (χ4n) is 2.29. The van der Waals surface area contributed by atoms with Crippen LogP contribution in [-0.2, 0) is 11.3 Å². The van der Waals surface area contributed by atoms with Crippen LogP contribution in [0, 0.1) is 0 Å². The van der Waals surface area contributed by atoms with Gasteiger partial charge >= 0.3 is 0 Å². The first kappa shape index (κ1) is 15.7. The predicted molar refractivity (Wildman–Crippen MR) is 90.9 cm³/mol. The second-order valence-electron chi connectivity index (χ2n) is 5.09. The molecule has 1 heterocycles. The highest BCUT2D eigenvalue weighted by molar-refractivity contribution is 5.85. The number of hydrazone groups is 1. The van der Waals surface area contributed by atoms with Crippen molar-refractivity contribution in [2.24, 2.45) is 5.10 Å². The molecule has 122 valence electrons. The third-order valence-electron chi connectivity index (χ3n) is 3.50. The van der Waals surface area contributed by atoms with E-state index in [-0.39, 0.29) is 12.3 Å². The van der Waals surface area contributed by atoms with Crippen molar-refractivity contribution in [3.05, 3.63) is 54.1 Å². The molecule has 0 spiro atoms. The van der Waals surface area contributed by atoms with Gasteiger partial charge in [-0.15, -0.1) is 5.10 Å². The zero-order valence-corrected chi connectivity index (χ0v) is 13.2. The highest BCUT2D eigenvalue weighted by atomic mass is 16.5. The molecule has 0 saturated heterocycles. The zero-order valence-electron chi connectivity index (χ0n) is 13.2. The number of para-hydroxylation sites is 2. The summed E-state index contributed by atoms with van der Waals surface area (Å²) in [5, 5.41) is 12.1. The van der Waals surface area contributed by atoms with Crippen LogP contribution in [0.5, 0.6) is 5.75 Å². The maximum atomic E-state index is 11.9. The predicted octanol–water partition coefficient (Wildman–Crippen LogP) is 1.98. The minimum absolute atomic E-state index is 0.194. The summed E-state index contributed by atoms with van der Waals surface area (Å²) in [6, 6.07) is 15.1. The van der Waals surface area contributed by atoms with Crippen molar-refractivity contribution in [2.45, 2.75) is 13.0 Å². The van der Waals surface area contributed by atoms with Crippen molar-refractivity contribution in [3.63, 3.8) is 0 Å². The SMILES string of the molecule is COc1ccccc1/C=N\NC(=O)CCn1nnc2ccccc21. The number of hydrogen-bond donors (Lipinski definition) is 1. The Morgan fingerprint density at radius 1 is 1.25 bits per heavy atom. The van der Waals surface area contributed by atoms with Gasteiger partial charge in [0.05, 0.1) is 25.4 Å². The van der Waals surface area contributed by atoms with Gasteiger partial charge in [-0.2, -0.15) is 5.10 Å². The standard InChI is InChI=1S/C17H17N5O2/c1-24-16-9-5-2-6-13(16)12-18-20-17(23)10-11-22-15-8-4-3-7-14(15)19-21-22/h2-9,12H,10-11H2,1H3,(H,20,23)/b18-12-. The van der Waals surface area contributed by atoms with E-state index in [9.17, 15) is 4.79 Å². The summed E-state index contributed by atoms with van der Waals surface area (Å²) in [6.45, 7) is 0.441. The van der Waals surface area contributed by atoms with Crippen LogP contribution < -0.4 is 10.2 Å². The largest absolute Gasteiger partial charge is 0.496 e. The Kier molecular flexibility index (Phi) is 4.81. The molecular weight excluding hydrogens is 306 g/mol. The van der Waals surface area contributed by atoms with E-state index in [1.54, 1.807) is 18.0 Å². The van der Waals surface area contributed by atoms with Crippen LogP contribution in [-0.4, -0.2) is 34.2 Å². The first-order chi connectivity index (χ1) is 11.8. The number of nitrogens with one attached hydrogen (secondary N) is 1. The van der Waals surface area contributed by atoms with Gasteiger partial charge in [0.1, 0.15) is 11.3 Å². The van der Waals surface area contributed by atoms with Gasteiger partial charge in [0, 0.05) is 12.0 Å². The number of nitrogens with zero attached hydrogens (tertiary/aromatic N) is 4. The maximum absolute atomic E-state index is 11.9. The quantitative estimate of drug-likeness (QED) is 0.555. The highest BCUT2D eigenvalue weighted by Gasteiger charge is 2.06. The normalized spacial score (nSPS) is 11.0. The molecule has 0 atom stereocenters. The average Bonchev–Trinajstić information content (AvgIpc) is 3.03. The number of methoxy groups -OCH3 is 1. The molecule has 0 aliphatic rings. The van der Waals surface area contributed by atoms with Gasteiger partial charge in [-0.1, -0.05) is 29.5 Å². The van der Waals surface area contributed by atoms with Crippen LogP contribution in [0.4, 0.5) is 0 Å². The number of hydrogen-bond acceptors (Lipinski definition) is 5. The number of ether oxygens (including phenoxy) is 1. The lowest BCUT2D eigenvalue weighted by atomic mass is 10.2. The molecule has 0 fully saturated rings. The third-order valence-corrected chi connectivity index (χ3v) is 3.50. The number of rotatable bonds is 6. The van der Waals surface area contributed by atoms with Crippen LogP contribution in [0.25, 0.3) is 11.0 Å². The first-order valence-corrected chi connectivity index (χ1v) is 7.51. The maximum Gasteiger partial charge on any atom is 0.241 e. The minimum Gasteiger partial charge on any atom is -0.496 e. The number of carbonyl (C=O) groups excluding carboxylic acids is 1. The van der Waals surface area contributed by atoms with Gasteiger partial charge < -0.3 is 4.74 Å². The fourth-order valence-corrected chi connectivity index (χ4v) is 2.29. The van der Waals surface area contributed by atoms with Gasteiger partial charge in [-0.05, 0) is 24.3 Å². The Morgan fingerprint density at radius 2 is 2.04 bits per heavy atom. The summed E-state index contributed by atoms with van der Waals surface area (Å²) < 4.78 is 6.92. The van der Waals surface area contributed by atoms with E-state index in [0.29, 0.717) is 12.3 Å². The van der Waals surface area contributed by atoms with Gasteiger partial charge in [0.25, 0.3) is 0 Å². The van der Waals surface area contributed by atoms with E-state index in [2.05, 4.69) is 20.8 Å². The van der Waals surface area contributed by atoms with E-state index in [0.717, 1.165) is 16.6 Å². The topological polar surface area (TPSA) is 81.4 Å². The van der Waals surface area contributed by atoms with Crippen LogP contribution in [0.15, 0.2) is 53.6 Å². The van der Waals surface area contributed by atoms with E-state index in [1.807, 2.05) is 48.5 Å². The van der Waals surface area contributed by atoms with E-state index in [4.69, 9.17) is 4.74 Å². The van der Waals surface area contributed by atoms with Gasteiger partial charge in [-0.25, -0.2) is 10.1 Å². The lowest BCUT2D eigenvalue weighted by Gasteiger charge is -2.04. The second-order valence-corrected chi connectivity index (χ2v) is 5.09. The number of benzene rings is 2. The molecule has 1 N–H and O–H groups in total. The summed E-state index contributed by atoms with van der Waals surface area (Å²) in [6.07, 6.45) is 1.82. The highest BCUT2D eigenvalue weighted by Crippen LogP contribution is 2.14. The molecule has 1 amide bonds. The van der Waals surface area contributed by atoms with Crippen molar-refractivity contribution in [1.29, 1.82) is 0 Å². The number of carbonyl (C=O) groups is 1. The fraction of sp³-hybridized carbons (Fsp3) is 0.176. The summed E-state index contributed by atoms with van der Waals surface area (Å²) in [5.41, 5.74) is 5.02. The molecule has 1 aromatic heterocycles. The molecule has 0 radical (unpaired) electrons. The molecule has 3 aromatic rings. The Hall–Kier alpha value is -3.22. The number of amides is 1. The molecule has 3 rings (SSSR count). The molecule has 0 saturated carbocycles. The van der Waals surface area contributed by atoms with Gasteiger partial charge in [0.15, 0.2) is 0 Å². The molecule has 24 heavy (non-hydrogen) atoms. The molecule has 7 heteroatoms. The average molecular weight is 323 g/mol. The number of aromatic nitrogens is 3. The Morgan fingerprint density at radius 3 is 2.92 bits per heavy atom. The third kappa shape index (κ3) is 3.57. The number of aryl methyl sites for hydroxylation is 1.